The zero-order valence-electron chi connectivity index (χ0n) is 17.9. The molecule has 1 N–H and O–H groups in total. The fraction of sp³-hybridized carbons (Fsp3) is 0.136. The van der Waals surface area contributed by atoms with Crippen molar-refractivity contribution < 1.29 is 18.3 Å². The number of ether oxygens (including phenoxy) is 1. The van der Waals surface area contributed by atoms with Gasteiger partial charge in [0.15, 0.2) is 16.5 Å². The number of amides is 1. The molecule has 1 amide bonds. The Morgan fingerprint density at radius 3 is 2.71 bits per heavy atom. The largest absolute Gasteiger partial charge is 0.435 e. The van der Waals surface area contributed by atoms with E-state index < -0.39 is 12.5 Å². The first-order valence-corrected chi connectivity index (χ1v) is 10.9. The summed E-state index contributed by atoms with van der Waals surface area (Å²) in [6.07, 6.45) is 3.40. The number of thiazole rings is 1. The normalized spacial score (nSPS) is 11.3. The number of nitrogens with zero attached hydrogens (tertiary/aromatic N) is 6. The average molecular weight is 481 g/mol. The number of carbonyl (C=O) groups excluding carboxylic acids is 1. The highest BCUT2D eigenvalue weighted by Gasteiger charge is 2.17. The molecule has 5 aromatic rings. The van der Waals surface area contributed by atoms with Crippen molar-refractivity contribution in [2.75, 3.05) is 5.32 Å². The number of anilines is 1. The predicted octanol–water partition coefficient (Wildman–Crippen LogP) is 4.42. The van der Waals surface area contributed by atoms with E-state index in [9.17, 15) is 13.6 Å². The lowest BCUT2D eigenvalue weighted by Crippen LogP contribution is -2.12. The SMILES string of the molecule is Cc1c(-c2ccnc3cc(C(=O)Nc4nc(-c5ccc(OC(F)F)cc5)cs4)nn23)cnn1C. The predicted molar refractivity (Wildman–Crippen MR) is 122 cm³/mol. The van der Waals surface area contributed by atoms with Crippen LogP contribution in [-0.2, 0) is 7.05 Å². The van der Waals surface area contributed by atoms with E-state index in [4.69, 9.17) is 0 Å². The number of benzene rings is 1. The number of nitrogens with one attached hydrogen (secondary N) is 1. The molecule has 0 aliphatic carbocycles. The van der Waals surface area contributed by atoms with Gasteiger partial charge in [-0.2, -0.15) is 19.0 Å². The maximum absolute atomic E-state index is 12.8. The molecule has 0 unspecified atom stereocenters. The Hall–Kier alpha value is -4.19. The molecule has 34 heavy (non-hydrogen) atoms. The zero-order valence-corrected chi connectivity index (χ0v) is 18.8. The minimum atomic E-state index is -2.88. The molecule has 0 fully saturated rings. The van der Waals surface area contributed by atoms with Crippen LogP contribution < -0.4 is 10.1 Å². The first-order valence-electron chi connectivity index (χ1n) is 10.0. The van der Waals surface area contributed by atoms with Crippen molar-refractivity contribution in [1.29, 1.82) is 0 Å². The highest BCUT2D eigenvalue weighted by Crippen LogP contribution is 2.28. The van der Waals surface area contributed by atoms with Gasteiger partial charge in [0.25, 0.3) is 5.91 Å². The summed E-state index contributed by atoms with van der Waals surface area (Å²) in [6.45, 7) is -0.934. The second-order valence-corrected chi connectivity index (χ2v) is 8.15. The van der Waals surface area contributed by atoms with Crippen LogP contribution in [0.5, 0.6) is 5.75 Å². The standard InChI is InChI=1S/C22H17F2N7O2S/c1-12-15(10-26-30(12)2)18-7-8-25-19-9-16(29-31(18)19)20(32)28-22-27-17(11-34-22)13-3-5-14(6-4-13)33-21(23)24/h3-11,21H,1-2H3,(H,27,28,32). The molecule has 9 nitrogen and oxygen atoms in total. The van der Waals surface area contributed by atoms with Gasteiger partial charge >= 0.3 is 6.61 Å². The monoisotopic (exact) mass is 481 g/mol. The maximum atomic E-state index is 12.8. The van der Waals surface area contributed by atoms with E-state index in [1.807, 2.05) is 20.0 Å². The van der Waals surface area contributed by atoms with Gasteiger partial charge in [0.1, 0.15) is 5.75 Å². The molecule has 1 aromatic carbocycles. The number of carbonyl (C=O) groups is 1. The van der Waals surface area contributed by atoms with Gasteiger partial charge < -0.3 is 4.74 Å². The van der Waals surface area contributed by atoms with Crippen LogP contribution in [0.15, 0.2) is 54.2 Å². The smallest absolute Gasteiger partial charge is 0.387 e. The van der Waals surface area contributed by atoms with Crippen LogP contribution in [0.4, 0.5) is 13.9 Å². The molecule has 0 radical (unpaired) electrons. The Labute approximate surface area is 195 Å². The van der Waals surface area contributed by atoms with Crippen LogP contribution in [0.2, 0.25) is 0 Å². The number of hydrogen-bond acceptors (Lipinski definition) is 7. The quantitative estimate of drug-likeness (QED) is 0.386. The van der Waals surface area contributed by atoms with E-state index in [0.29, 0.717) is 22.0 Å². The van der Waals surface area contributed by atoms with Gasteiger partial charge in [-0.1, -0.05) is 0 Å². The minimum absolute atomic E-state index is 0.0591. The van der Waals surface area contributed by atoms with E-state index in [-0.39, 0.29) is 11.4 Å². The van der Waals surface area contributed by atoms with Crippen molar-refractivity contribution in [3.05, 3.63) is 65.6 Å². The number of hydrogen-bond donors (Lipinski definition) is 1. The van der Waals surface area contributed by atoms with Gasteiger partial charge in [0, 0.05) is 41.5 Å². The molecule has 4 heterocycles. The molecule has 4 aromatic heterocycles. The van der Waals surface area contributed by atoms with Crippen molar-refractivity contribution in [1.82, 2.24) is 29.4 Å². The summed E-state index contributed by atoms with van der Waals surface area (Å²) in [7, 11) is 1.85. The first-order chi connectivity index (χ1) is 16.4. The summed E-state index contributed by atoms with van der Waals surface area (Å²) in [4.78, 5) is 21.6. The minimum Gasteiger partial charge on any atom is -0.435 e. The molecule has 0 saturated heterocycles. The third kappa shape index (κ3) is 4.10. The second-order valence-electron chi connectivity index (χ2n) is 7.29. The summed E-state index contributed by atoms with van der Waals surface area (Å²) >= 11 is 1.24. The van der Waals surface area contributed by atoms with E-state index in [0.717, 1.165) is 17.0 Å². The number of fused-ring (bicyclic) bond motifs is 1. The van der Waals surface area contributed by atoms with Crippen molar-refractivity contribution >= 4 is 28.0 Å². The lowest BCUT2D eigenvalue weighted by atomic mass is 10.2. The van der Waals surface area contributed by atoms with Crippen LogP contribution >= 0.6 is 11.3 Å². The van der Waals surface area contributed by atoms with Crippen molar-refractivity contribution in [3.8, 4) is 28.3 Å². The lowest BCUT2D eigenvalue weighted by Gasteiger charge is -2.04. The number of aryl methyl sites for hydroxylation is 1. The van der Waals surface area contributed by atoms with Gasteiger partial charge in [0.2, 0.25) is 0 Å². The molecular weight excluding hydrogens is 464 g/mol. The second kappa shape index (κ2) is 8.63. The van der Waals surface area contributed by atoms with E-state index in [2.05, 4.69) is 30.2 Å². The van der Waals surface area contributed by atoms with Crippen molar-refractivity contribution in [2.24, 2.45) is 7.05 Å². The maximum Gasteiger partial charge on any atom is 0.387 e. The molecule has 0 spiro atoms. The highest BCUT2D eigenvalue weighted by molar-refractivity contribution is 7.14. The van der Waals surface area contributed by atoms with E-state index in [1.165, 1.54) is 23.5 Å². The van der Waals surface area contributed by atoms with Crippen LogP contribution in [0.25, 0.3) is 28.2 Å². The molecular formula is C22H17F2N7O2S. The van der Waals surface area contributed by atoms with Gasteiger partial charge in [-0.15, -0.1) is 11.3 Å². The van der Waals surface area contributed by atoms with Crippen molar-refractivity contribution in [3.63, 3.8) is 0 Å². The van der Waals surface area contributed by atoms with Gasteiger partial charge in [0.05, 0.1) is 17.6 Å². The first kappa shape index (κ1) is 21.6. The molecule has 172 valence electrons. The highest BCUT2D eigenvalue weighted by atomic mass is 32.1. The Morgan fingerprint density at radius 2 is 2.00 bits per heavy atom. The van der Waals surface area contributed by atoms with Crippen LogP contribution in [0.1, 0.15) is 16.2 Å². The Balaban J connectivity index is 1.36. The van der Waals surface area contributed by atoms with Gasteiger partial charge in [-0.3, -0.25) is 14.8 Å². The zero-order chi connectivity index (χ0) is 23.8. The summed E-state index contributed by atoms with van der Waals surface area (Å²) in [5.74, 6) is -0.371. The fourth-order valence-electron chi connectivity index (χ4n) is 3.39. The fourth-order valence-corrected chi connectivity index (χ4v) is 4.11. The molecule has 0 saturated carbocycles. The number of halogens is 2. The van der Waals surface area contributed by atoms with Crippen molar-refractivity contribution in [2.45, 2.75) is 13.5 Å². The third-order valence-electron chi connectivity index (χ3n) is 5.20. The summed E-state index contributed by atoms with van der Waals surface area (Å²) < 4.78 is 32.4. The summed E-state index contributed by atoms with van der Waals surface area (Å²) in [5.41, 5.74) is 4.62. The Kier molecular flexibility index (Phi) is 5.49. The third-order valence-corrected chi connectivity index (χ3v) is 5.96. The molecule has 5 rings (SSSR count). The summed E-state index contributed by atoms with van der Waals surface area (Å²) in [5, 5.41) is 13.6. The molecule has 0 aliphatic heterocycles. The van der Waals surface area contributed by atoms with E-state index >= 15 is 0 Å². The number of aromatic nitrogens is 6. The molecule has 0 bridgehead atoms. The number of alkyl halides is 2. The Bertz CT molecular complexity index is 1490. The van der Waals surface area contributed by atoms with Crippen LogP contribution in [0, 0.1) is 6.92 Å². The topological polar surface area (TPSA) is 99.2 Å². The average Bonchev–Trinajstić information content (AvgIpc) is 3.53. The van der Waals surface area contributed by atoms with Gasteiger partial charge in [-0.25, -0.2) is 14.5 Å². The Morgan fingerprint density at radius 1 is 1.21 bits per heavy atom. The summed E-state index contributed by atoms with van der Waals surface area (Å²) in [6, 6.07) is 9.52. The van der Waals surface area contributed by atoms with Crippen LogP contribution in [-0.4, -0.2) is 41.9 Å². The molecule has 0 aliphatic rings. The van der Waals surface area contributed by atoms with Crippen LogP contribution in [0.3, 0.4) is 0 Å². The van der Waals surface area contributed by atoms with E-state index in [1.54, 1.807) is 45.2 Å². The van der Waals surface area contributed by atoms with Gasteiger partial charge in [-0.05, 0) is 37.3 Å². The molecule has 0 atom stereocenters. The number of rotatable bonds is 6. The molecule has 12 heteroatoms. The lowest BCUT2D eigenvalue weighted by molar-refractivity contribution is -0.0498.